The molecule has 3 saturated carbocycles. The molecule has 4 aliphatic carbocycles. The molecule has 12 rings (SSSR count). The Labute approximate surface area is 671 Å². The van der Waals surface area contributed by atoms with E-state index in [2.05, 4.69) is 58.0 Å². The number of piperidine rings is 4. The number of Topliss-reactive ketones (excluding diaryl/α,β-unsaturated/α-hetero) is 7. The van der Waals surface area contributed by atoms with E-state index in [1.807, 2.05) is 143 Å². The van der Waals surface area contributed by atoms with Crippen LogP contribution in [0.5, 0.6) is 0 Å². The summed E-state index contributed by atoms with van der Waals surface area (Å²) in [5.74, 6) is 22.7. The molecule has 0 radical (unpaired) electrons. The molecule has 4 aliphatic heterocycles. The van der Waals surface area contributed by atoms with Crippen molar-refractivity contribution in [3.8, 4) is 47.4 Å². The van der Waals surface area contributed by atoms with E-state index < -0.39 is 29.3 Å². The van der Waals surface area contributed by atoms with Crippen molar-refractivity contribution in [1.29, 1.82) is 0 Å². The predicted molar refractivity (Wildman–Crippen MR) is 423 cm³/mol. The lowest BCUT2D eigenvalue weighted by Crippen LogP contribution is -3.00. The highest BCUT2D eigenvalue weighted by atomic mass is 35.5. The van der Waals surface area contributed by atoms with Gasteiger partial charge in [-0.25, -0.2) is 4.79 Å². The van der Waals surface area contributed by atoms with Crippen molar-refractivity contribution < 1.29 is 92.9 Å². The molecular weight excluding hydrogens is 1440 g/mol. The van der Waals surface area contributed by atoms with Gasteiger partial charge >= 0.3 is 12.1 Å². The number of halogens is 2. The van der Waals surface area contributed by atoms with Gasteiger partial charge in [0.05, 0.1) is 31.8 Å². The van der Waals surface area contributed by atoms with Crippen LogP contribution in [0.1, 0.15) is 272 Å². The van der Waals surface area contributed by atoms with Crippen molar-refractivity contribution in [1.82, 2.24) is 9.80 Å². The summed E-state index contributed by atoms with van der Waals surface area (Å²) in [4.78, 5) is 131. The number of allylic oxidation sites excluding steroid dienone is 2. The van der Waals surface area contributed by atoms with Gasteiger partial charge in [-0.05, 0) is 266 Å². The third-order valence-electron chi connectivity index (χ3n) is 23.9. The minimum atomic E-state index is -0.682. The Bertz CT molecular complexity index is 4350. The summed E-state index contributed by atoms with van der Waals surface area (Å²) >= 11 is 0. The van der Waals surface area contributed by atoms with Gasteiger partial charge in [-0.2, -0.15) is 0 Å². The average molecular weight is 1550 g/mol. The van der Waals surface area contributed by atoms with Crippen molar-refractivity contribution >= 4 is 64.0 Å². The summed E-state index contributed by atoms with van der Waals surface area (Å²) < 4.78 is 11.1. The average Bonchev–Trinajstić information content (AvgIpc) is 0.785. The first-order valence-electron chi connectivity index (χ1n) is 39.2. The Morgan fingerprint density at radius 2 is 0.676 bits per heavy atom. The quantitative estimate of drug-likeness (QED) is 0.121. The number of hydrogen-bond donors (Lipinski definition) is 2. The summed E-state index contributed by atoms with van der Waals surface area (Å²) in [6, 6.07) is 15.9. The standard InChI is InChI=1S/C26H33NO4.C25H29NO4.2C21H25NO2.2ClH/c1-7-8-19-13-17(2)22(18(3)14-19)23-20(28)15-26(16-21(23)29)9-11-27(12-10-26)24(30)31-25(4,5)6;1-6-7-20-12-16(2)23(17(3)13-20)24-21(29)14-25(15-22(24)30-19(5)28)8-10-26(11-9-25)18(4)27;2*1-4-5-16-10-14(2)19(15(3)11-16)20-17(23)12-21(13-18(20)24)6-8-22-9-7-21;;/h13-14,23H,9-12,15-16H2,1-6H3;12-13H,8-11,14-15H2,1-5H3;2*10-11,20,22H,6-9,12-13H2,1-3H3;2*1H. The minimum Gasteiger partial charge on any atom is -1.00 e. The Morgan fingerprint density at radius 1 is 0.405 bits per heavy atom. The molecule has 4 heterocycles. The number of aryl methyl sites for hydroxylation is 8. The van der Waals surface area contributed by atoms with Crippen LogP contribution in [-0.2, 0) is 52.6 Å². The lowest BCUT2D eigenvalue weighted by atomic mass is 9.62. The number of rotatable bonds is 5. The van der Waals surface area contributed by atoms with E-state index in [0.717, 1.165) is 154 Å². The van der Waals surface area contributed by atoms with E-state index in [9.17, 15) is 47.9 Å². The van der Waals surface area contributed by atoms with E-state index in [1.165, 1.54) is 6.92 Å². The van der Waals surface area contributed by atoms with Crippen LogP contribution < -0.4 is 35.4 Å². The second-order valence-electron chi connectivity index (χ2n) is 33.6. The molecule has 7 fully saturated rings. The van der Waals surface area contributed by atoms with Crippen LogP contribution in [0.2, 0.25) is 0 Å². The fourth-order valence-corrected chi connectivity index (χ4v) is 19.0. The molecule has 111 heavy (non-hydrogen) atoms. The smallest absolute Gasteiger partial charge is 0.410 e. The van der Waals surface area contributed by atoms with Gasteiger partial charge in [-0.1, -0.05) is 23.7 Å². The summed E-state index contributed by atoms with van der Waals surface area (Å²) in [7, 11) is 0. The van der Waals surface area contributed by atoms with Gasteiger partial charge in [-0.15, -0.1) is 23.7 Å². The zero-order chi connectivity index (χ0) is 79.7. The van der Waals surface area contributed by atoms with E-state index in [4.69, 9.17) is 9.47 Å². The number of benzene rings is 4. The molecule has 0 bridgehead atoms. The summed E-state index contributed by atoms with van der Waals surface area (Å²) in [5.41, 5.74) is 14.3. The molecule has 2 amide bonds. The van der Waals surface area contributed by atoms with Gasteiger partial charge in [0, 0.05) is 139 Å². The molecule has 8 aliphatic rings. The van der Waals surface area contributed by atoms with Gasteiger partial charge in [0.1, 0.15) is 63.8 Å². The van der Waals surface area contributed by atoms with E-state index in [-0.39, 0.29) is 99.0 Å². The first-order valence-corrected chi connectivity index (χ1v) is 39.2. The first-order chi connectivity index (χ1) is 51.5. The van der Waals surface area contributed by atoms with Gasteiger partial charge in [0.25, 0.3) is 0 Å². The van der Waals surface area contributed by atoms with E-state index in [1.54, 1.807) is 25.7 Å². The van der Waals surface area contributed by atoms with Gasteiger partial charge in [-0.3, -0.25) is 43.2 Å². The van der Waals surface area contributed by atoms with Crippen molar-refractivity contribution in [2.45, 2.75) is 244 Å². The highest BCUT2D eigenvalue weighted by Gasteiger charge is 2.52. The lowest BCUT2D eigenvalue weighted by Gasteiger charge is -2.44. The highest BCUT2D eigenvalue weighted by Crippen LogP contribution is 2.51. The molecule has 0 atom stereocenters. The molecule has 18 heteroatoms. The fourth-order valence-electron chi connectivity index (χ4n) is 19.0. The van der Waals surface area contributed by atoms with Crippen molar-refractivity contribution in [2.24, 2.45) is 21.7 Å². The third-order valence-corrected chi connectivity index (χ3v) is 23.9. The van der Waals surface area contributed by atoms with Crippen LogP contribution in [0, 0.1) is 124 Å². The molecule has 4 saturated heterocycles. The number of ether oxygens (including phenoxy) is 2. The van der Waals surface area contributed by atoms with Crippen LogP contribution in [0.15, 0.2) is 54.3 Å². The maximum absolute atomic E-state index is 13.4. The maximum Gasteiger partial charge on any atom is 0.410 e. The van der Waals surface area contributed by atoms with E-state index in [0.29, 0.717) is 102 Å². The number of ketones is 7. The molecule has 4 aromatic rings. The molecule has 0 aromatic heterocycles. The summed E-state index contributed by atoms with van der Waals surface area (Å²) in [5, 5.41) is 4.57. The second kappa shape index (κ2) is 37.7. The van der Waals surface area contributed by atoms with Crippen LogP contribution >= 0.6 is 0 Å². The summed E-state index contributed by atoms with van der Waals surface area (Å²) in [6.07, 6.45) is 10.4. The minimum absolute atomic E-state index is 0. The lowest BCUT2D eigenvalue weighted by molar-refractivity contribution is -0.668. The number of hydrogen-bond acceptors (Lipinski definition) is 12. The van der Waals surface area contributed by atoms with Gasteiger partial charge in [0.15, 0.2) is 5.78 Å². The number of carbonyl (C=O) groups excluding carboxylic acids is 10. The maximum atomic E-state index is 13.4. The van der Waals surface area contributed by atoms with Crippen molar-refractivity contribution in [3.05, 3.63) is 143 Å². The number of likely N-dealkylation sites (tertiary alicyclic amines) is 2. The first kappa shape index (κ1) is 89.5. The molecule has 4 spiro atoms. The number of amides is 2. The van der Waals surface area contributed by atoms with Crippen molar-refractivity contribution in [3.63, 3.8) is 0 Å². The van der Waals surface area contributed by atoms with Gasteiger partial charge in [0.2, 0.25) is 5.91 Å². The zero-order valence-electron chi connectivity index (χ0n) is 68.5. The molecule has 4 aromatic carbocycles. The summed E-state index contributed by atoms with van der Waals surface area (Å²) in [6.45, 7) is 37.9. The molecule has 16 nitrogen and oxygen atoms in total. The number of carbonyl (C=O) groups is 10. The van der Waals surface area contributed by atoms with Gasteiger partial charge < -0.3 is 54.7 Å². The Kier molecular flexibility index (Phi) is 30.4. The third kappa shape index (κ3) is 21.3. The Morgan fingerprint density at radius 3 is 0.946 bits per heavy atom. The van der Waals surface area contributed by atoms with Crippen LogP contribution in [0.25, 0.3) is 5.57 Å². The fraction of sp³-hybridized carbons (Fsp3) is 0.527. The Balaban J connectivity index is 0.000000206. The zero-order valence-corrected chi connectivity index (χ0v) is 70.0. The van der Waals surface area contributed by atoms with Crippen LogP contribution in [0.4, 0.5) is 4.79 Å². The molecule has 4 N–H and O–H groups in total. The normalized spacial score (nSPS) is 20.2. The molecule has 0 unspecified atom stereocenters. The molecular formula is C93H114Cl2N4O12. The van der Waals surface area contributed by atoms with Crippen LogP contribution in [-0.4, -0.2) is 126 Å². The number of nitrogens with two attached hydrogens (primary N) is 2. The number of nitrogens with zero attached hydrogens (tertiary/aromatic N) is 2. The topological polar surface area (TPSA) is 229 Å². The van der Waals surface area contributed by atoms with E-state index >= 15 is 0 Å². The monoisotopic (exact) mass is 1550 g/mol. The van der Waals surface area contributed by atoms with Crippen molar-refractivity contribution in [2.75, 3.05) is 52.4 Å². The predicted octanol–water partition coefficient (Wildman–Crippen LogP) is 6.72. The Hall–Kier alpha value is -8.74. The largest absolute Gasteiger partial charge is 1.00 e. The number of esters is 1. The second-order valence-corrected chi connectivity index (χ2v) is 33.6. The molecule has 592 valence electrons. The van der Waals surface area contributed by atoms with Crippen LogP contribution in [0.3, 0.4) is 0 Å². The SMILES string of the molecule is CC#Cc1cc(C)c(C2=C(OC(C)=O)CC3(CCN(C(C)=O)CC3)CC2=O)c(C)c1.CC#Cc1cc(C)c(C2C(=O)CC3(CCN(C(=O)OC(C)(C)C)CC3)CC2=O)c(C)c1.CC#Cc1cc(C)c(C2C(=O)CC3(CC[NH2+]CC3)CC2=O)c(C)c1.CC#Cc1cc(C)c(C2C(=O)CC3(CC[NH2+]CC3)CC2=O)c(C)c1.[Cl-].[Cl-]. The highest BCUT2D eigenvalue weighted by molar-refractivity contribution is 6.23. The number of quaternary nitrogens is 2.